The number of aromatic amines is 1. The molecule has 0 radical (unpaired) electrons. The number of aromatic nitrogens is 4. The number of anilines is 1. The van der Waals surface area contributed by atoms with Crippen molar-refractivity contribution < 1.29 is 24.1 Å². The fourth-order valence-corrected chi connectivity index (χ4v) is 3.72. The van der Waals surface area contributed by atoms with E-state index in [0.29, 0.717) is 28.6 Å². The molecule has 1 atom stereocenters. The number of hydrazone groups is 1. The quantitative estimate of drug-likeness (QED) is 0.195. The van der Waals surface area contributed by atoms with Gasteiger partial charge in [-0.15, -0.1) is 0 Å². The summed E-state index contributed by atoms with van der Waals surface area (Å²) in [6.45, 7) is -0.133. The van der Waals surface area contributed by atoms with Crippen LogP contribution in [0.25, 0.3) is 11.2 Å². The van der Waals surface area contributed by atoms with Gasteiger partial charge in [0, 0.05) is 7.05 Å². The predicted octanol–water partition coefficient (Wildman–Crippen LogP) is 1.33. The van der Waals surface area contributed by atoms with Crippen molar-refractivity contribution in [3.05, 3.63) is 68.9 Å². The highest BCUT2D eigenvalue weighted by molar-refractivity contribution is 5.82. The summed E-state index contributed by atoms with van der Waals surface area (Å²) in [6.07, 6.45) is 0.500. The Morgan fingerprint density at radius 1 is 1.05 bits per heavy atom. The summed E-state index contributed by atoms with van der Waals surface area (Å²) in [7, 11) is 6.13. The minimum absolute atomic E-state index is 0.0655. The van der Waals surface area contributed by atoms with Crippen LogP contribution in [0.3, 0.4) is 0 Å². The Bertz CT molecular complexity index is 1560. The molecule has 13 heteroatoms. The van der Waals surface area contributed by atoms with E-state index in [9.17, 15) is 14.7 Å². The zero-order valence-electron chi connectivity index (χ0n) is 21.3. The van der Waals surface area contributed by atoms with Crippen molar-refractivity contribution in [1.82, 2.24) is 19.1 Å². The van der Waals surface area contributed by atoms with Gasteiger partial charge in [0.1, 0.15) is 24.2 Å². The average Bonchev–Trinajstić information content (AvgIpc) is 3.29. The Morgan fingerprint density at radius 2 is 1.76 bits per heavy atom. The van der Waals surface area contributed by atoms with Gasteiger partial charge in [-0.2, -0.15) is 10.1 Å². The van der Waals surface area contributed by atoms with Crippen molar-refractivity contribution in [3.63, 3.8) is 0 Å². The summed E-state index contributed by atoms with van der Waals surface area (Å²) in [5.74, 6) is 2.47. The van der Waals surface area contributed by atoms with Crippen LogP contribution in [0, 0.1) is 0 Å². The largest absolute Gasteiger partial charge is 0.497 e. The monoisotopic (exact) mass is 524 g/mol. The molecule has 2 aromatic carbocycles. The van der Waals surface area contributed by atoms with Crippen LogP contribution in [0.15, 0.2) is 57.2 Å². The van der Waals surface area contributed by atoms with Gasteiger partial charge in [0.15, 0.2) is 22.7 Å². The van der Waals surface area contributed by atoms with Gasteiger partial charge in [0.2, 0.25) is 5.95 Å². The Labute approximate surface area is 216 Å². The lowest BCUT2D eigenvalue weighted by molar-refractivity contribution is 0.0938. The number of H-pyrrole nitrogens is 1. The van der Waals surface area contributed by atoms with Gasteiger partial charge >= 0.3 is 5.69 Å². The number of methoxy groups -OCH3 is 3. The smallest absolute Gasteiger partial charge is 0.329 e. The topological polar surface area (TPSA) is 154 Å². The molecule has 0 spiro atoms. The van der Waals surface area contributed by atoms with Gasteiger partial charge in [0.25, 0.3) is 5.56 Å². The van der Waals surface area contributed by atoms with E-state index in [4.69, 9.17) is 18.9 Å². The van der Waals surface area contributed by atoms with Gasteiger partial charge < -0.3 is 28.6 Å². The molecule has 0 bridgehead atoms. The van der Waals surface area contributed by atoms with E-state index in [1.54, 1.807) is 56.7 Å². The van der Waals surface area contributed by atoms with Gasteiger partial charge in [-0.1, -0.05) is 0 Å². The number of aryl methyl sites for hydroxylation is 1. The van der Waals surface area contributed by atoms with E-state index >= 15 is 0 Å². The number of imidazole rings is 1. The number of nitrogens with one attached hydrogen (secondary N) is 2. The van der Waals surface area contributed by atoms with E-state index in [1.165, 1.54) is 29.5 Å². The van der Waals surface area contributed by atoms with Crippen LogP contribution in [-0.4, -0.2) is 64.5 Å². The lowest BCUT2D eigenvalue weighted by Gasteiger charge is -2.15. The first-order valence-corrected chi connectivity index (χ1v) is 11.5. The fraction of sp³-hybridized carbons (Fsp3) is 0.280. The molecular formula is C25H28N6O7. The number of fused-ring (bicyclic) bond motifs is 1. The number of ether oxygens (including phenoxy) is 4. The molecule has 2 aromatic heterocycles. The minimum Gasteiger partial charge on any atom is -0.497 e. The molecule has 1 unspecified atom stereocenters. The molecule has 0 saturated heterocycles. The Balaban J connectivity index is 1.59. The SMILES string of the molecule is COc1ccc(OCC(O)Cn2c(NN=Cc3ccc(OC)c(OC)c3)nc3c2c(=O)[nH]c(=O)n3C)cc1. The molecular weight excluding hydrogens is 496 g/mol. The molecule has 0 aliphatic carbocycles. The Kier molecular flexibility index (Phi) is 7.97. The van der Waals surface area contributed by atoms with Crippen LogP contribution in [-0.2, 0) is 13.6 Å². The minimum atomic E-state index is -1.03. The van der Waals surface area contributed by atoms with Crippen LogP contribution in [0.1, 0.15) is 5.56 Å². The highest BCUT2D eigenvalue weighted by atomic mass is 16.5. The maximum absolute atomic E-state index is 12.7. The molecule has 13 nitrogen and oxygen atoms in total. The van der Waals surface area contributed by atoms with Crippen LogP contribution < -0.4 is 35.6 Å². The highest BCUT2D eigenvalue weighted by Crippen LogP contribution is 2.27. The van der Waals surface area contributed by atoms with Crippen LogP contribution in [0.5, 0.6) is 23.0 Å². The predicted molar refractivity (Wildman–Crippen MR) is 141 cm³/mol. The number of hydrogen-bond donors (Lipinski definition) is 3. The molecule has 3 N–H and O–H groups in total. The summed E-state index contributed by atoms with van der Waals surface area (Å²) in [6, 6.07) is 12.2. The maximum atomic E-state index is 12.7. The lowest BCUT2D eigenvalue weighted by atomic mass is 10.2. The van der Waals surface area contributed by atoms with E-state index in [-0.39, 0.29) is 30.3 Å². The zero-order valence-corrected chi connectivity index (χ0v) is 21.3. The molecule has 0 saturated carbocycles. The molecule has 38 heavy (non-hydrogen) atoms. The highest BCUT2D eigenvalue weighted by Gasteiger charge is 2.20. The number of aliphatic hydroxyl groups is 1. The van der Waals surface area contributed by atoms with Crippen molar-refractivity contribution in [2.24, 2.45) is 12.1 Å². The van der Waals surface area contributed by atoms with E-state index < -0.39 is 17.4 Å². The van der Waals surface area contributed by atoms with Crippen molar-refractivity contribution in [2.45, 2.75) is 12.6 Å². The summed E-state index contributed by atoms with van der Waals surface area (Å²) < 4.78 is 24.0. The van der Waals surface area contributed by atoms with Crippen LogP contribution in [0.2, 0.25) is 0 Å². The summed E-state index contributed by atoms with van der Waals surface area (Å²) in [5, 5.41) is 14.9. The zero-order chi connectivity index (χ0) is 27.2. The molecule has 0 aliphatic rings. The number of nitrogens with zero attached hydrogens (tertiary/aromatic N) is 4. The lowest BCUT2D eigenvalue weighted by Crippen LogP contribution is -2.30. The molecule has 200 valence electrons. The van der Waals surface area contributed by atoms with Gasteiger partial charge in [-0.05, 0) is 48.0 Å². The number of aliphatic hydroxyl groups excluding tert-OH is 1. The van der Waals surface area contributed by atoms with Crippen LogP contribution >= 0.6 is 0 Å². The van der Waals surface area contributed by atoms with Crippen LogP contribution in [0.4, 0.5) is 5.95 Å². The van der Waals surface area contributed by atoms with Crippen molar-refractivity contribution >= 4 is 23.3 Å². The van der Waals surface area contributed by atoms with Gasteiger partial charge in [0.05, 0.1) is 34.1 Å². The number of benzene rings is 2. The summed E-state index contributed by atoms with van der Waals surface area (Å²) in [4.78, 5) is 31.5. The number of rotatable bonds is 11. The molecule has 0 amide bonds. The Morgan fingerprint density at radius 3 is 2.45 bits per heavy atom. The summed E-state index contributed by atoms with van der Waals surface area (Å²) in [5.41, 5.74) is 2.47. The molecule has 0 aliphatic heterocycles. The third-order valence-electron chi connectivity index (χ3n) is 5.69. The van der Waals surface area contributed by atoms with Crippen molar-refractivity contribution in [1.29, 1.82) is 0 Å². The first-order chi connectivity index (χ1) is 18.3. The molecule has 0 fully saturated rings. The Hall–Kier alpha value is -4.78. The summed E-state index contributed by atoms with van der Waals surface area (Å²) >= 11 is 0. The van der Waals surface area contributed by atoms with Crippen molar-refractivity contribution in [3.8, 4) is 23.0 Å². The van der Waals surface area contributed by atoms with E-state index in [1.807, 2.05) is 0 Å². The van der Waals surface area contributed by atoms with E-state index in [2.05, 4.69) is 20.5 Å². The normalized spacial score (nSPS) is 12.0. The molecule has 4 rings (SSSR count). The van der Waals surface area contributed by atoms with Crippen molar-refractivity contribution in [2.75, 3.05) is 33.4 Å². The second kappa shape index (κ2) is 11.5. The molecule has 2 heterocycles. The average molecular weight is 525 g/mol. The molecule has 4 aromatic rings. The fourth-order valence-electron chi connectivity index (χ4n) is 3.72. The third-order valence-corrected chi connectivity index (χ3v) is 5.69. The standard InChI is InChI=1S/C25H28N6O7/c1-30-22-21(23(33)28-25(30)34)31(13-16(32)14-38-18-8-6-17(35-2)7-9-18)24(27-22)29-26-12-15-5-10-19(36-3)20(11-15)37-4/h5-12,16,32H,13-14H2,1-4H3,(H,27,29)(H,28,33,34). The second-order valence-electron chi connectivity index (χ2n) is 8.16. The van der Waals surface area contributed by atoms with Gasteiger partial charge in [-0.3, -0.25) is 14.3 Å². The first kappa shape index (κ1) is 26.3. The maximum Gasteiger partial charge on any atom is 0.329 e. The number of hydrogen-bond acceptors (Lipinski definition) is 10. The van der Waals surface area contributed by atoms with Gasteiger partial charge in [-0.25, -0.2) is 10.2 Å². The third kappa shape index (κ3) is 5.62. The second-order valence-corrected chi connectivity index (χ2v) is 8.16. The van der Waals surface area contributed by atoms with E-state index in [0.717, 1.165) is 0 Å². The first-order valence-electron chi connectivity index (χ1n) is 11.5.